The Morgan fingerprint density at radius 1 is 1.12 bits per heavy atom. The highest BCUT2D eigenvalue weighted by atomic mass is 16.5. The summed E-state index contributed by atoms with van der Waals surface area (Å²) in [6, 6.07) is 15.5. The third-order valence-electron chi connectivity index (χ3n) is 4.41. The SMILES string of the molecule is NCc1ccc(-c2noc(-c3cccc(OCC4CCCO4)c3)n2)cc1. The number of benzene rings is 2. The summed E-state index contributed by atoms with van der Waals surface area (Å²) in [6.07, 6.45) is 2.34. The molecule has 1 aliphatic heterocycles. The third-order valence-corrected chi connectivity index (χ3v) is 4.41. The summed E-state index contributed by atoms with van der Waals surface area (Å²) >= 11 is 0. The number of ether oxygens (including phenoxy) is 2. The molecular formula is C20H21N3O3. The zero-order chi connectivity index (χ0) is 17.8. The summed E-state index contributed by atoms with van der Waals surface area (Å²) in [5.41, 5.74) is 8.41. The number of nitrogens with two attached hydrogens (primary N) is 1. The average Bonchev–Trinajstić information content (AvgIpc) is 3.39. The van der Waals surface area contributed by atoms with Gasteiger partial charge in [0.25, 0.3) is 5.89 Å². The molecule has 0 bridgehead atoms. The van der Waals surface area contributed by atoms with E-state index in [1.54, 1.807) is 0 Å². The van der Waals surface area contributed by atoms with E-state index in [9.17, 15) is 0 Å². The van der Waals surface area contributed by atoms with Crippen LogP contribution in [0.25, 0.3) is 22.8 Å². The van der Waals surface area contributed by atoms with Gasteiger partial charge in [0.1, 0.15) is 12.4 Å². The molecule has 1 fully saturated rings. The molecule has 1 saturated heterocycles. The van der Waals surface area contributed by atoms with Gasteiger partial charge in [-0.2, -0.15) is 4.98 Å². The van der Waals surface area contributed by atoms with Gasteiger partial charge in [0.05, 0.1) is 6.10 Å². The fraction of sp³-hybridized carbons (Fsp3) is 0.300. The summed E-state index contributed by atoms with van der Waals surface area (Å²) < 4.78 is 16.9. The lowest BCUT2D eigenvalue weighted by atomic mass is 10.1. The van der Waals surface area contributed by atoms with Crippen LogP contribution < -0.4 is 10.5 Å². The molecule has 26 heavy (non-hydrogen) atoms. The van der Waals surface area contributed by atoms with Crippen LogP contribution in [0.3, 0.4) is 0 Å². The number of nitrogens with zero attached hydrogens (tertiary/aromatic N) is 2. The highest BCUT2D eigenvalue weighted by Gasteiger charge is 2.16. The molecule has 6 nitrogen and oxygen atoms in total. The molecule has 0 saturated carbocycles. The quantitative estimate of drug-likeness (QED) is 0.733. The summed E-state index contributed by atoms with van der Waals surface area (Å²) in [4.78, 5) is 4.50. The first-order valence-corrected chi connectivity index (χ1v) is 8.80. The van der Waals surface area contributed by atoms with Crippen molar-refractivity contribution >= 4 is 0 Å². The van der Waals surface area contributed by atoms with Gasteiger partial charge < -0.3 is 19.7 Å². The molecule has 2 N–H and O–H groups in total. The Kier molecular flexibility index (Phi) is 4.95. The smallest absolute Gasteiger partial charge is 0.258 e. The Balaban J connectivity index is 1.48. The van der Waals surface area contributed by atoms with Crippen LogP contribution in [0.5, 0.6) is 5.75 Å². The summed E-state index contributed by atoms with van der Waals surface area (Å²) in [5.74, 6) is 1.78. The highest BCUT2D eigenvalue weighted by Crippen LogP contribution is 2.26. The van der Waals surface area contributed by atoms with Crippen LogP contribution in [-0.2, 0) is 11.3 Å². The Morgan fingerprint density at radius 2 is 2.00 bits per heavy atom. The van der Waals surface area contributed by atoms with Crippen LogP contribution in [0.2, 0.25) is 0 Å². The van der Waals surface area contributed by atoms with Crippen molar-refractivity contribution in [2.45, 2.75) is 25.5 Å². The highest BCUT2D eigenvalue weighted by molar-refractivity contribution is 5.61. The molecule has 1 aromatic heterocycles. The molecular weight excluding hydrogens is 330 g/mol. The van der Waals surface area contributed by atoms with E-state index in [4.69, 9.17) is 19.7 Å². The lowest BCUT2D eigenvalue weighted by molar-refractivity contribution is 0.0680. The molecule has 1 atom stereocenters. The van der Waals surface area contributed by atoms with Gasteiger partial charge in [0.15, 0.2) is 0 Å². The minimum Gasteiger partial charge on any atom is -0.491 e. The number of aromatic nitrogens is 2. The fourth-order valence-electron chi connectivity index (χ4n) is 2.93. The van der Waals surface area contributed by atoms with Crippen LogP contribution in [0, 0.1) is 0 Å². The molecule has 1 unspecified atom stereocenters. The van der Waals surface area contributed by atoms with E-state index >= 15 is 0 Å². The standard InChI is InChI=1S/C20H21N3O3/c21-12-14-6-8-15(9-7-14)19-22-20(26-23-19)16-3-1-4-17(11-16)25-13-18-5-2-10-24-18/h1,3-4,6-9,11,18H,2,5,10,12-13,21H2. The van der Waals surface area contributed by atoms with E-state index < -0.39 is 0 Å². The van der Waals surface area contributed by atoms with Crippen molar-refractivity contribution in [2.24, 2.45) is 5.73 Å². The zero-order valence-electron chi connectivity index (χ0n) is 14.4. The van der Waals surface area contributed by atoms with E-state index in [1.165, 1.54) is 0 Å². The first-order valence-electron chi connectivity index (χ1n) is 8.80. The monoisotopic (exact) mass is 351 g/mol. The van der Waals surface area contributed by atoms with Gasteiger partial charge >= 0.3 is 0 Å². The molecule has 2 heterocycles. The first kappa shape index (κ1) is 16.8. The van der Waals surface area contributed by atoms with Crippen LogP contribution in [0.1, 0.15) is 18.4 Å². The average molecular weight is 351 g/mol. The summed E-state index contributed by atoms with van der Waals surface area (Å²) in [5, 5.41) is 4.08. The second kappa shape index (κ2) is 7.68. The van der Waals surface area contributed by atoms with Crippen LogP contribution in [-0.4, -0.2) is 29.5 Å². The molecule has 2 aromatic carbocycles. The van der Waals surface area contributed by atoms with Crippen molar-refractivity contribution in [3.8, 4) is 28.6 Å². The minimum atomic E-state index is 0.185. The molecule has 4 rings (SSSR count). The predicted molar refractivity (Wildman–Crippen MR) is 97.5 cm³/mol. The minimum absolute atomic E-state index is 0.185. The van der Waals surface area contributed by atoms with E-state index in [0.29, 0.717) is 24.9 Å². The molecule has 134 valence electrons. The van der Waals surface area contributed by atoms with Gasteiger partial charge in [-0.05, 0) is 36.6 Å². The van der Waals surface area contributed by atoms with E-state index in [-0.39, 0.29) is 6.10 Å². The second-order valence-corrected chi connectivity index (χ2v) is 6.30. The lowest BCUT2D eigenvalue weighted by Gasteiger charge is -2.11. The van der Waals surface area contributed by atoms with Crippen LogP contribution in [0.15, 0.2) is 53.1 Å². The van der Waals surface area contributed by atoms with Crippen molar-refractivity contribution in [1.82, 2.24) is 10.1 Å². The van der Waals surface area contributed by atoms with E-state index in [1.807, 2.05) is 48.5 Å². The van der Waals surface area contributed by atoms with Gasteiger partial charge in [0, 0.05) is 24.3 Å². The van der Waals surface area contributed by atoms with Crippen molar-refractivity contribution in [1.29, 1.82) is 0 Å². The van der Waals surface area contributed by atoms with E-state index in [0.717, 1.165) is 41.9 Å². The van der Waals surface area contributed by atoms with Crippen molar-refractivity contribution in [3.63, 3.8) is 0 Å². The maximum atomic E-state index is 5.84. The van der Waals surface area contributed by atoms with Gasteiger partial charge in [0.2, 0.25) is 5.82 Å². The van der Waals surface area contributed by atoms with Gasteiger partial charge in [-0.25, -0.2) is 0 Å². The lowest BCUT2D eigenvalue weighted by Crippen LogP contribution is -2.16. The van der Waals surface area contributed by atoms with Gasteiger partial charge in [-0.15, -0.1) is 0 Å². The number of rotatable bonds is 6. The zero-order valence-corrected chi connectivity index (χ0v) is 14.4. The predicted octanol–water partition coefficient (Wildman–Crippen LogP) is 3.42. The number of hydrogen-bond donors (Lipinski definition) is 1. The van der Waals surface area contributed by atoms with Crippen LogP contribution >= 0.6 is 0 Å². The Hall–Kier alpha value is -2.70. The van der Waals surface area contributed by atoms with Crippen LogP contribution in [0.4, 0.5) is 0 Å². The molecule has 1 aliphatic rings. The molecule has 0 spiro atoms. The van der Waals surface area contributed by atoms with Crippen molar-refractivity contribution in [2.75, 3.05) is 13.2 Å². The maximum Gasteiger partial charge on any atom is 0.258 e. The third kappa shape index (κ3) is 3.76. The Labute approximate surface area is 151 Å². The molecule has 0 radical (unpaired) electrons. The largest absolute Gasteiger partial charge is 0.491 e. The Bertz CT molecular complexity index is 855. The summed E-state index contributed by atoms with van der Waals surface area (Å²) in [7, 11) is 0. The van der Waals surface area contributed by atoms with Crippen molar-refractivity contribution < 1.29 is 14.0 Å². The van der Waals surface area contributed by atoms with Gasteiger partial charge in [-0.3, -0.25) is 0 Å². The topological polar surface area (TPSA) is 83.4 Å². The Morgan fingerprint density at radius 3 is 2.77 bits per heavy atom. The molecule has 3 aromatic rings. The van der Waals surface area contributed by atoms with E-state index in [2.05, 4.69) is 10.1 Å². The molecule has 0 aliphatic carbocycles. The second-order valence-electron chi connectivity index (χ2n) is 6.30. The first-order chi connectivity index (χ1) is 12.8. The normalized spacial score (nSPS) is 16.7. The molecule has 0 amide bonds. The number of hydrogen-bond acceptors (Lipinski definition) is 6. The van der Waals surface area contributed by atoms with Crippen molar-refractivity contribution in [3.05, 3.63) is 54.1 Å². The maximum absolute atomic E-state index is 5.84. The van der Waals surface area contributed by atoms with Gasteiger partial charge in [-0.1, -0.05) is 35.5 Å². The summed E-state index contributed by atoms with van der Waals surface area (Å²) in [6.45, 7) is 1.90. The fourth-order valence-corrected chi connectivity index (χ4v) is 2.93. The molecule has 6 heteroatoms.